The van der Waals surface area contributed by atoms with Gasteiger partial charge in [-0.1, -0.05) is 47.1 Å². The van der Waals surface area contributed by atoms with Crippen molar-refractivity contribution in [3.63, 3.8) is 0 Å². The summed E-state index contributed by atoms with van der Waals surface area (Å²) in [6.07, 6.45) is 0.511. The predicted octanol–water partition coefficient (Wildman–Crippen LogP) is 4.59. The molecule has 0 radical (unpaired) electrons. The zero-order chi connectivity index (χ0) is 16.4. The highest BCUT2D eigenvalue weighted by molar-refractivity contribution is 8.15. The van der Waals surface area contributed by atoms with Gasteiger partial charge in [0.1, 0.15) is 5.82 Å². The second kappa shape index (κ2) is 6.91. The number of hydrogen-bond donors (Lipinski definition) is 1. The molecular weight excluding hydrogens is 358 g/mol. The molecule has 23 heavy (non-hydrogen) atoms. The SMILES string of the molecule is O=C1NC(=Nc2ccc(Cl)c(Cl)c2)SC1Cc1ccc(F)cc1. The molecule has 118 valence electrons. The van der Waals surface area contributed by atoms with Crippen molar-refractivity contribution >= 4 is 51.7 Å². The Morgan fingerprint density at radius 1 is 1.13 bits per heavy atom. The molecule has 1 aliphatic rings. The van der Waals surface area contributed by atoms with Gasteiger partial charge in [0.25, 0.3) is 0 Å². The van der Waals surface area contributed by atoms with Crippen LogP contribution in [0.25, 0.3) is 0 Å². The van der Waals surface area contributed by atoms with Crippen LogP contribution in [-0.4, -0.2) is 16.3 Å². The molecule has 1 aliphatic heterocycles. The van der Waals surface area contributed by atoms with Gasteiger partial charge in [0.2, 0.25) is 5.91 Å². The van der Waals surface area contributed by atoms with Crippen molar-refractivity contribution in [1.29, 1.82) is 0 Å². The number of aliphatic imine (C=N–C) groups is 1. The number of thioether (sulfide) groups is 1. The van der Waals surface area contributed by atoms with Gasteiger partial charge in [0, 0.05) is 0 Å². The van der Waals surface area contributed by atoms with Crippen molar-refractivity contribution in [1.82, 2.24) is 5.32 Å². The van der Waals surface area contributed by atoms with E-state index in [4.69, 9.17) is 23.2 Å². The first-order valence-electron chi connectivity index (χ1n) is 6.77. The number of nitrogens with zero attached hydrogens (tertiary/aromatic N) is 1. The molecule has 1 atom stereocenters. The smallest absolute Gasteiger partial charge is 0.239 e. The molecular formula is C16H11Cl2FN2OS. The lowest BCUT2D eigenvalue weighted by Gasteiger charge is -2.05. The summed E-state index contributed by atoms with van der Waals surface area (Å²) in [6.45, 7) is 0. The molecule has 1 unspecified atom stereocenters. The zero-order valence-corrected chi connectivity index (χ0v) is 14.1. The summed E-state index contributed by atoms with van der Waals surface area (Å²) in [6, 6.07) is 11.1. The van der Waals surface area contributed by atoms with Crippen LogP contribution in [0.1, 0.15) is 5.56 Å². The van der Waals surface area contributed by atoms with Gasteiger partial charge in [0.15, 0.2) is 5.17 Å². The summed E-state index contributed by atoms with van der Waals surface area (Å²) in [5.74, 6) is -0.405. The van der Waals surface area contributed by atoms with Crippen molar-refractivity contribution in [3.8, 4) is 0 Å². The Labute approximate surface area is 146 Å². The maximum absolute atomic E-state index is 12.9. The lowest BCUT2D eigenvalue weighted by atomic mass is 10.1. The van der Waals surface area contributed by atoms with Crippen molar-refractivity contribution in [3.05, 3.63) is 63.9 Å². The third kappa shape index (κ3) is 4.05. The molecule has 0 aliphatic carbocycles. The molecule has 3 rings (SSSR count). The minimum absolute atomic E-state index is 0.113. The fourth-order valence-corrected chi connectivity index (χ4v) is 3.42. The van der Waals surface area contributed by atoms with E-state index in [1.54, 1.807) is 30.3 Å². The van der Waals surface area contributed by atoms with Crippen LogP contribution in [0.3, 0.4) is 0 Å². The van der Waals surface area contributed by atoms with Gasteiger partial charge in [-0.2, -0.15) is 0 Å². The number of hydrogen-bond acceptors (Lipinski definition) is 3. The topological polar surface area (TPSA) is 41.5 Å². The molecule has 1 N–H and O–H groups in total. The summed E-state index contributed by atoms with van der Waals surface area (Å²) in [5, 5.41) is 3.83. The van der Waals surface area contributed by atoms with Crippen LogP contribution in [0.5, 0.6) is 0 Å². The van der Waals surface area contributed by atoms with E-state index in [1.165, 1.54) is 23.9 Å². The summed E-state index contributed by atoms with van der Waals surface area (Å²) in [7, 11) is 0. The summed E-state index contributed by atoms with van der Waals surface area (Å²) >= 11 is 13.2. The Bertz CT molecular complexity index is 780. The molecule has 7 heteroatoms. The average Bonchev–Trinajstić information content (AvgIpc) is 2.85. The van der Waals surface area contributed by atoms with E-state index in [1.807, 2.05) is 0 Å². The summed E-state index contributed by atoms with van der Waals surface area (Å²) in [4.78, 5) is 16.4. The highest BCUT2D eigenvalue weighted by atomic mass is 35.5. The quantitative estimate of drug-likeness (QED) is 0.860. The van der Waals surface area contributed by atoms with Gasteiger partial charge in [-0.15, -0.1) is 0 Å². The molecule has 2 aromatic rings. The molecule has 1 heterocycles. The number of carbonyl (C=O) groups excluding carboxylic acids is 1. The minimum atomic E-state index is -0.292. The standard InChI is InChI=1S/C16H11Cl2FN2OS/c17-12-6-5-11(8-13(12)18)20-16-21-15(22)14(23-16)7-9-1-3-10(19)4-2-9/h1-6,8,14H,7H2,(H,20,21,22). The Kier molecular flexibility index (Phi) is 4.90. The first kappa shape index (κ1) is 16.3. The molecule has 1 amide bonds. The van der Waals surface area contributed by atoms with Crippen LogP contribution in [0.2, 0.25) is 10.0 Å². The Morgan fingerprint density at radius 3 is 2.57 bits per heavy atom. The average molecular weight is 369 g/mol. The monoisotopic (exact) mass is 368 g/mol. The van der Waals surface area contributed by atoms with E-state index >= 15 is 0 Å². The third-order valence-corrected chi connectivity index (χ3v) is 5.07. The third-order valence-electron chi connectivity index (χ3n) is 3.24. The van der Waals surface area contributed by atoms with Gasteiger partial charge < -0.3 is 5.32 Å². The highest BCUT2D eigenvalue weighted by Gasteiger charge is 2.30. The van der Waals surface area contributed by atoms with E-state index in [0.717, 1.165) is 5.56 Å². The molecule has 1 fully saturated rings. The number of amides is 1. The van der Waals surface area contributed by atoms with Crippen LogP contribution in [0.15, 0.2) is 47.5 Å². The number of carbonyl (C=O) groups is 1. The van der Waals surface area contributed by atoms with Crippen LogP contribution in [-0.2, 0) is 11.2 Å². The first-order valence-corrected chi connectivity index (χ1v) is 8.40. The minimum Gasteiger partial charge on any atom is -0.304 e. The van der Waals surface area contributed by atoms with Gasteiger partial charge >= 0.3 is 0 Å². The van der Waals surface area contributed by atoms with E-state index in [-0.39, 0.29) is 17.0 Å². The summed E-state index contributed by atoms with van der Waals surface area (Å²) < 4.78 is 12.9. The second-order valence-corrected chi connectivity index (χ2v) is 6.95. The molecule has 1 saturated heterocycles. The van der Waals surface area contributed by atoms with Gasteiger partial charge in [-0.25, -0.2) is 9.38 Å². The van der Waals surface area contributed by atoms with Crippen molar-refractivity contribution < 1.29 is 9.18 Å². The first-order chi connectivity index (χ1) is 11.0. The lowest BCUT2D eigenvalue weighted by molar-refractivity contribution is -0.118. The molecule has 0 bridgehead atoms. The van der Waals surface area contributed by atoms with Crippen LogP contribution in [0.4, 0.5) is 10.1 Å². The van der Waals surface area contributed by atoms with Gasteiger partial charge in [-0.05, 0) is 42.3 Å². The number of halogens is 3. The van der Waals surface area contributed by atoms with Crippen LogP contribution in [0, 0.1) is 5.82 Å². The van der Waals surface area contributed by atoms with E-state index in [0.29, 0.717) is 27.3 Å². The van der Waals surface area contributed by atoms with Crippen LogP contribution < -0.4 is 5.32 Å². The molecule has 2 aromatic carbocycles. The zero-order valence-electron chi connectivity index (χ0n) is 11.7. The maximum atomic E-state index is 12.9. The van der Waals surface area contributed by atoms with Crippen LogP contribution >= 0.6 is 35.0 Å². The van der Waals surface area contributed by atoms with Crippen molar-refractivity contribution in [2.45, 2.75) is 11.7 Å². The van der Waals surface area contributed by atoms with Crippen molar-refractivity contribution in [2.24, 2.45) is 4.99 Å². The van der Waals surface area contributed by atoms with E-state index in [9.17, 15) is 9.18 Å². The Balaban J connectivity index is 1.72. The van der Waals surface area contributed by atoms with Crippen molar-refractivity contribution in [2.75, 3.05) is 0 Å². The van der Waals surface area contributed by atoms with E-state index in [2.05, 4.69) is 10.3 Å². The lowest BCUT2D eigenvalue weighted by Crippen LogP contribution is -2.25. The fourth-order valence-electron chi connectivity index (χ4n) is 2.10. The van der Waals surface area contributed by atoms with E-state index < -0.39 is 0 Å². The second-order valence-electron chi connectivity index (χ2n) is 4.94. The molecule has 0 aromatic heterocycles. The normalized spacial score (nSPS) is 19.2. The number of benzene rings is 2. The number of nitrogens with one attached hydrogen (secondary N) is 1. The molecule has 0 spiro atoms. The molecule has 0 saturated carbocycles. The number of amidine groups is 1. The van der Waals surface area contributed by atoms with Gasteiger partial charge in [-0.3, -0.25) is 4.79 Å². The Morgan fingerprint density at radius 2 is 1.87 bits per heavy atom. The highest BCUT2D eigenvalue weighted by Crippen LogP contribution is 2.29. The Hall–Kier alpha value is -1.56. The largest absolute Gasteiger partial charge is 0.304 e. The molecule has 3 nitrogen and oxygen atoms in total. The predicted molar refractivity (Wildman–Crippen MR) is 93.2 cm³/mol. The maximum Gasteiger partial charge on any atom is 0.239 e. The number of rotatable bonds is 3. The fraction of sp³-hybridized carbons (Fsp3) is 0.125. The van der Waals surface area contributed by atoms with Gasteiger partial charge in [0.05, 0.1) is 21.0 Å². The summed E-state index contributed by atoms with van der Waals surface area (Å²) in [5.41, 5.74) is 1.51.